The fourth-order valence-electron chi connectivity index (χ4n) is 2.20. The lowest BCUT2D eigenvalue weighted by molar-refractivity contribution is -0.116. The summed E-state index contributed by atoms with van der Waals surface area (Å²) >= 11 is 0. The van der Waals surface area contributed by atoms with Gasteiger partial charge in [0, 0.05) is 23.8 Å². The first kappa shape index (κ1) is 14.8. The molecule has 1 aliphatic heterocycles. The molecule has 1 amide bonds. The Morgan fingerprint density at radius 3 is 2.50 bits per heavy atom. The minimum Gasteiger partial charge on any atom is -0.326 e. The van der Waals surface area contributed by atoms with E-state index in [1.54, 1.807) is 24.3 Å². The Balaban J connectivity index is 1.88. The molecule has 1 atom stereocenters. The van der Waals surface area contributed by atoms with Gasteiger partial charge in [0.2, 0.25) is 15.9 Å². The molecule has 0 bridgehead atoms. The molecule has 2 rings (SSSR count). The molecule has 1 heterocycles. The zero-order valence-electron chi connectivity index (χ0n) is 11.3. The molecule has 1 aliphatic rings. The monoisotopic (exact) mass is 297 g/mol. The normalized spacial score (nSPS) is 18.8. The van der Waals surface area contributed by atoms with Crippen LogP contribution in [-0.2, 0) is 14.8 Å². The maximum absolute atomic E-state index is 11.8. The highest BCUT2D eigenvalue weighted by molar-refractivity contribution is 7.92. The van der Waals surface area contributed by atoms with Crippen molar-refractivity contribution in [1.29, 1.82) is 0 Å². The number of carbonyl (C=O) groups excluding carboxylic acids is 1. The number of hydrogen-bond donors (Lipinski definition) is 3. The summed E-state index contributed by atoms with van der Waals surface area (Å²) in [6.07, 6.45) is 3.70. The highest BCUT2D eigenvalue weighted by atomic mass is 32.2. The van der Waals surface area contributed by atoms with Crippen LogP contribution in [0.3, 0.4) is 0 Å². The van der Waals surface area contributed by atoms with Crippen molar-refractivity contribution < 1.29 is 13.2 Å². The van der Waals surface area contributed by atoms with Crippen molar-refractivity contribution in [3.05, 3.63) is 24.3 Å². The van der Waals surface area contributed by atoms with Crippen molar-refractivity contribution >= 4 is 27.3 Å². The predicted molar refractivity (Wildman–Crippen MR) is 79.2 cm³/mol. The number of nitrogens with one attached hydrogen (secondary N) is 3. The molecule has 0 spiro atoms. The molecule has 1 unspecified atom stereocenters. The van der Waals surface area contributed by atoms with Gasteiger partial charge in [0.15, 0.2) is 0 Å². The number of benzene rings is 1. The van der Waals surface area contributed by atoms with Gasteiger partial charge in [-0.2, -0.15) is 0 Å². The van der Waals surface area contributed by atoms with Gasteiger partial charge in [0.05, 0.1) is 6.26 Å². The zero-order chi connectivity index (χ0) is 14.6. The molecule has 0 aromatic heterocycles. The molecular formula is C13H19N3O3S. The number of rotatable bonds is 5. The van der Waals surface area contributed by atoms with Crippen molar-refractivity contribution in [1.82, 2.24) is 5.32 Å². The van der Waals surface area contributed by atoms with Gasteiger partial charge in [-0.15, -0.1) is 0 Å². The third-order valence-electron chi connectivity index (χ3n) is 3.07. The highest BCUT2D eigenvalue weighted by Crippen LogP contribution is 2.16. The van der Waals surface area contributed by atoms with Gasteiger partial charge < -0.3 is 10.6 Å². The standard InChI is InChI=1S/C13H19N3O3S/c1-20(18,19)16-11-6-4-10(5-7-11)15-13(17)9-12-3-2-8-14-12/h4-7,12,14,16H,2-3,8-9H2,1H3,(H,15,17). The molecular weight excluding hydrogens is 278 g/mol. The quantitative estimate of drug-likeness (QED) is 0.760. The number of carbonyl (C=O) groups is 1. The summed E-state index contributed by atoms with van der Waals surface area (Å²) in [4.78, 5) is 11.8. The fraction of sp³-hybridized carbons (Fsp3) is 0.462. The van der Waals surface area contributed by atoms with E-state index < -0.39 is 10.0 Å². The topological polar surface area (TPSA) is 87.3 Å². The van der Waals surface area contributed by atoms with Crippen LogP contribution >= 0.6 is 0 Å². The predicted octanol–water partition coefficient (Wildman–Crippen LogP) is 1.14. The summed E-state index contributed by atoms with van der Waals surface area (Å²) in [7, 11) is -3.27. The van der Waals surface area contributed by atoms with E-state index in [1.807, 2.05) is 0 Å². The van der Waals surface area contributed by atoms with E-state index in [-0.39, 0.29) is 11.9 Å². The summed E-state index contributed by atoms with van der Waals surface area (Å²) in [5.41, 5.74) is 1.13. The Bertz CT molecular complexity index is 563. The molecule has 0 aliphatic carbocycles. The molecule has 0 saturated carbocycles. The van der Waals surface area contributed by atoms with Gasteiger partial charge in [-0.05, 0) is 43.7 Å². The van der Waals surface area contributed by atoms with Crippen LogP contribution in [-0.4, -0.2) is 33.2 Å². The van der Waals surface area contributed by atoms with E-state index in [2.05, 4.69) is 15.4 Å². The molecule has 110 valence electrons. The third-order valence-corrected chi connectivity index (χ3v) is 3.67. The molecule has 3 N–H and O–H groups in total. The Hall–Kier alpha value is -1.60. The molecule has 1 aromatic carbocycles. The highest BCUT2D eigenvalue weighted by Gasteiger charge is 2.17. The summed E-state index contributed by atoms with van der Waals surface area (Å²) in [6, 6.07) is 6.84. The van der Waals surface area contributed by atoms with E-state index in [1.165, 1.54) is 0 Å². The van der Waals surface area contributed by atoms with E-state index in [4.69, 9.17) is 0 Å². The van der Waals surface area contributed by atoms with Gasteiger partial charge in [0.25, 0.3) is 0 Å². The number of anilines is 2. The van der Waals surface area contributed by atoms with Crippen LogP contribution in [0.25, 0.3) is 0 Å². The zero-order valence-corrected chi connectivity index (χ0v) is 12.2. The lowest BCUT2D eigenvalue weighted by Gasteiger charge is -2.11. The maximum atomic E-state index is 11.8. The lowest BCUT2D eigenvalue weighted by atomic mass is 10.1. The largest absolute Gasteiger partial charge is 0.326 e. The van der Waals surface area contributed by atoms with Crippen LogP contribution < -0.4 is 15.4 Å². The third kappa shape index (κ3) is 4.82. The SMILES string of the molecule is CS(=O)(=O)Nc1ccc(NC(=O)CC2CCCN2)cc1. The van der Waals surface area contributed by atoms with Crippen LogP contribution in [0, 0.1) is 0 Å². The molecule has 1 fully saturated rings. The summed E-state index contributed by atoms with van der Waals surface area (Å²) in [6.45, 7) is 0.976. The van der Waals surface area contributed by atoms with Gasteiger partial charge in [-0.25, -0.2) is 8.42 Å². The second-order valence-corrected chi connectivity index (χ2v) is 6.75. The molecule has 7 heteroatoms. The van der Waals surface area contributed by atoms with Crippen LogP contribution in [0.2, 0.25) is 0 Å². The Morgan fingerprint density at radius 2 is 1.95 bits per heavy atom. The second kappa shape index (κ2) is 6.23. The van der Waals surface area contributed by atoms with Crippen LogP contribution in [0.1, 0.15) is 19.3 Å². The van der Waals surface area contributed by atoms with Crippen molar-refractivity contribution in [2.24, 2.45) is 0 Å². The minimum absolute atomic E-state index is 0.0341. The number of amides is 1. The first-order valence-corrected chi connectivity index (χ1v) is 8.42. The summed E-state index contributed by atoms with van der Waals surface area (Å²) in [5, 5.41) is 6.07. The first-order valence-electron chi connectivity index (χ1n) is 6.53. The van der Waals surface area contributed by atoms with Gasteiger partial charge in [-0.3, -0.25) is 9.52 Å². The maximum Gasteiger partial charge on any atom is 0.229 e. The molecule has 1 saturated heterocycles. The smallest absolute Gasteiger partial charge is 0.229 e. The molecule has 1 aromatic rings. The van der Waals surface area contributed by atoms with Crippen LogP contribution in [0.15, 0.2) is 24.3 Å². The second-order valence-electron chi connectivity index (χ2n) is 5.00. The van der Waals surface area contributed by atoms with Crippen molar-refractivity contribution in [3.63, 3.8) is 0 Å². The minimum atomic E-state index is -3.27. The van der Waals surface area contributed by atoms with Crippen molar-refractivity contribution in [3.8, 4) is 0 Å². The Kier molecular flexibility index (Phi) is 4.61. The fourth-order valence-corrected chi connectivity index (χ4v) is 2.77. The number of sulfonamides is 1. The molecule has 6 nitrogen and oxygen atoms in total. The van der Waals surface area contributed by atoms with Crippen LogP contribution in [0.5, 0.6) is 0 Å². The first-order chi connectivity index (χ1) is 9.42. The average Bonchev–Trinajstić information content (AvgIpc) is 2.82. The Morgan fingerprint density at radius 1 is 1.30 bits per heavy atom. The average molecular weight is 297 g/mol. The van der Waals surface area contributed by atoms with E-state index in [0.29, 0.717) is 17.8 Å². The summed E-state index contributed by atoms with van der Waals surface area (Å²) in [5.74, 6) is -0.0341. The van der Waals surface area contributed by atoms with Crippen LogP contribution in [0.4, 0.5) is 11.4 Å². The summed E-state index contributed by atoms with van der Waals surface area (Å²) < 4.78 is 24.5. The van der Waals surface area contributed by atoms with E-state index in [0.717, 1.165) is 25.6 Å². The number of hydrogen-bond acceptors (Lipinski definition) is 4. The van der Waals surface area contributed by atoms with E-state index >= 15 is 0 Å². The van der Waals surface area contributed by atoms with Crippen molar-refractivity contribution in [2.75, 3.05) is 22.8 Å². The van der Waals surface area contributed by atoms with Gasteiger partial charge in [0.1, 0.15) is 0 Å². The Labute approximate surface area is 119 Å². The molecule has 0 radical (unpaired) electrons. The van der Waals surface area contributed by atoms with Crippen molar-refractivity contribution in [2.45, 2.75) is 25.3 Å². The van der Waals surface area contributed by atoms with Gasteiger partial charge in [-0.1, -0.05) is 0 Å². The van der Waals surface area contributed by atoms with E-state index in [9.17, 15) is 13.2 Å². The molecule has 20 heavy (non-hydrogen) atoms. The van der Waals surface area contributed by atoms with Gasteiger partial charge >= 0.3 is 0 Å². The lowest BCUT2D eigenvalue weighted by Crippen LogP contribution is -2.27.